The van der Waals surface area contributed by atoms with Crippen molar-refractivity contribution >= 4 is 0 Å². The van der Waals surface area contributed by atoms with Gasteiger partial charge in [-0.2, -0.15) is 5.10 Å². The highest BCUT2D eigenvalue weighted by Crippen LogP contribution is 2.57. The Balaban J connectivity index is 1.72. The van der Waals surface area contributed by atoms with E-state index in [9.17, 15) is 5.11 Å². The van der Waals surface area contributed by atoms with Crippen molar-refractivity contribution in [3.63, 3.8) is 0 Å². The summed E-state index contributed by atoms with van der Waals surface area (Å²) in [4.78, 5) is 0. The normalized spacial score (nSPS) is 36.9. The monoisotopic (exact) mass is 192 g/mol. The predicted molar refractivity (Wildman–Crippen MR) is 52.5 cm³/mol. The van der Waals surface area contributed by atoms with Crippen LogP contribution < -0.4 is 0 Å². The van der Waals surface area contributed by atoms with Gasteiger partial charge >= 0.3 is 0 Å². The van der Waals surface area contributed by atoms with Crippen LogP contribution in [0.15, 0.2) is 12.4 Å². The Hall–Kier alpha value is -0.830. The molecule has 1 aromatic heterocycles. The number of fused-ring (bicyclic) bond motifs is 1. The highest BCUT2D eigenvalue weighted by atomic mass is 16.3. The molecule has 2 saturated carbocycles. The number of hydrogen-bond acceptors (Lipinski definition) is 2. The SMILES string of the molecule is Cn1cc(C(O)C2CC3CC3C2)cn1. The predicted octanol–water partition coefficient (Wildman–Crippen LogP) is 1.50. The fourth-order valence-corrected chi connectivity index (χ4v) is 2.88. The summed E-state index contributed by atoms with van der Waals surface area (Å²) in [6.07, 6.45) is 7.29. The molecule has 0 radical (unpaired) electrons. The zero-order chi connectivity index (χ0) is 9.71. The van der Waals surface area contributed by atoms with Gasteiger partial charge in [0, 0.05) is 18.8 Å². The third kappa shape index (κ3) is 1.27. The maximum atomic E-state index is 10.1. The Kier molecular flexibility index (Phi) is 1.71. The lowest BCUT2D eigenvalue weighted by Crippen LogP contribution is -2.10. The van der Waals surface area contributed by atoms with Crippen LogP contribution in [0.2, 0.25) is 0 Å². The van der Waals surface area contributed by atoms with Crippen molar-refractivity contribution in [2.75, 3.05) is 0 Å². The molecule has 0 amide bonds. The first-order chi connectivity index (χ1) is 6.74. The molecule has 76 valence electrons. The molecule has 3 rings (SSSR count). The van der Waals surface area contributed by atoms with Gasteiger partial charge in [-0.3, -0.25) is 4.68 Å². The van der Waals surface area contributed by atoms with E-state index in [4.69, 9.17) is 0 Å². The van der Waals surface area contributed by atoms with E-state index in [2.05, 4.69) is 5.10 Å². The molecule has 1 heterocycles. The zero-order valence-corrected chi connectivity index (χ0v) is 8.43. The van der Waals surface area contributed by atoms with Crippen molar-refractivity contribution < 1.29 is 5.11 Å². The van der Waals surface area contributed by atoms with Crippen LogP contribution in [0.1, 0.15) is 30.9 Å². The molecule has 14 heavy (non-hydrogen) atoms. The van der Waals surface area contributed by atoms with Gasteiger partial charge in [-0.05, 0) is 37.0 Å². The second-order valence-electron chi connectivity index (χ2n) is 4.88. The fraction of sp³-hybridized carbons (Fsp3) is 0.727. The minimum absolute atomic E-state index is 0.281. The summed E-state index contributed by atoms with van der Waals surface area (Å²) in [7, 11) is 1.89. The topological polar surface area (TPSA) is 38.0 Å². The summed E-state index contributed by atoms with van der Waals surface area (Å²) >= 11 is 0. The fourth-order valence-electron chi connectivity index (χ4n) is 2.88. The Labute approximate surface area is 83.7 Å². The van der Waals surface area contributed by atoms with Gasteiger partial charge in [0.05, 0.1) is 12.3 Å². The molecule has 2 aliphatic carbocycles. The highest BCUT2D eigenvalue weighted by molar-refractivity contribution is 5.11. The molecular formula is C11H16N2O. The molecular weight excluding hydrogens is 176 g/mol. The molecule has 0 aliphatic heterocycles. The van der Waals surface area contributed by atoms with Gasteiger partial charge in [-0.15, -0.1) is 0 Å². The molecule has 1 aromatic rings. The van der Waals surface area contributed by atoms with E-state index in [1.54, 1.807) is 10.9 Å². The van der Waals surface area contributed by atoms with E-state index in [0.29, 0.717) is 5.92 Å². The van der Waals surface area contributed by atoms with Crippen LogP contribution >= 0.6 is 0 Å². The largest absolute Gasteiger partial charge is 0.388 e. The standard InChI is InChI=1S/C11H16N2O/c1-13-6-10(5-12-13)11(14)9-3-7-2-8(7)4-9/h5-9,11,14H,2-4H2,1H3. The Bertz CT molecular complexity index is 337. The molecule has 2 aliphatic rings. The van der Waals surface area contributed by atoms with E-state index in [1.165, 1.54) is 19.3 Å². The van der Waals surface area contributed by atoms with Gasteiger partial charge in [0.2, 0.25) is 0 Å². The number of aromatic nitrogens is 2. The van der Waals surface area contributed by atoms with E-state index in [-0.39, 0.29) is 6.10 Å². The van der Waals surface area contributed by atoms with Crippen LogP contribution in [0.3, 0.4) is 0 Å². The van der Waals surface area contributed by atoms with Crippen LogP contribution in [0.25, 0.3) is 0 Å². The molecule has 3 unspecified atom stereocenters. The van der Waals surface area contributed by atoms with Crippen LogP contribution in [0.5, 0.6) is 0 Å². The molecule has 0 spiro atoms. The smallest absolute Gasteiger partial charge is 0.0848 e. The number of rotatable bonds is 2. The number of hydrogen-bond donors (Lipinski definition) is 1. The van der Waals surface area contributed by atoms with Crippen molar-refractivity contribution in [3.05, 3.63) is 18.0 Å². The van der Waals surface area contributed by atoms with E-state index < -0.39 is 0 Å². The quantitative estimate of drug-likeness (QED) is 0.771. The van der Waals surface area contributed by atoms with Crippen molar-refractivity contribution in [1.82, 2.24) is 9.78 Å². The summed E-state index contributed by atoms with van der Waals surface area (Å²) in [5.74, 6) is 2.36. The van der Waals surface area contributed by atoms with Crippen molar-refractivity contribution in [2.24, 2.45) is 24.8 Å². The lowest BCUT2D eigenvalue weighted by atomic mass is 9.93. The van der Waals surface area contributed by atoms with Crippen LogP contribution in [-0.4, -0.2) is 14.9 Å². The maximum Gasteiger partial charge on any atom is 0.0848 e. The summed E-state index contributed by atoms with van der Waals surface area (Å²) in [6, 6.07) is 0. The zero-order valence-electron chi connectivity index (χ0n) is 8.43. The lowest BCUT2D eigenvalue weighted by Gasteiger charge is -2.17. The second kappa shape index (κ2) is 2.83. The first kappa shape index (κ1) is 8.48. The number of aliphatic hydroxyl groups excluding tert-OH is 1. The molecule has 2 fully saturated rings. The first-order valence-electron chi connectivity index (χ1n) is 5.40. The van der Waals surface area contributed by atoms with E-state index in [0.717, 1.165) is 17.4 Å². The maximum absolute atomic E-state index is 10.1. The third-order valence-corrected chi connectivity index (χ3v) is 3.79. The van der Waals surface area contributed by atoms with Gasteiger partial charge in [0.1, 0.15) is 0 Å². The highest BCUT2D eigenvalue weighted by Gasteiger charge is 2.47. The second-order valence-corrected chi connectivity index (χ2v) is 4.88. The van der Waals surface area contributed by atoms with Crippen molar-refractivity contribution in [1.29, 1.82) is 0 Å². The molecule has 0 bridgehead atoms. The Morgan fingerprint density at radius 2 is 2.14 bits per heavy atom. The number of aliphatic hydroxyl groups is 1. The van der Waals surface area contributed by atoms with Gasteiger partial charge < -0.3 is 5.11 Å². The average molecular weight is 192 g/mol. The summed E-state index contributed by atoms with van der Waals surface area (Å²) in [6.45, 7) is 0. The van der Waals surface area contributed by atoms with Gasteiger partial charge in [-0.25, -0.2) is 0 Å². The lowest BCUT2D eigenvalue weighted by molar-refractivity contribution is 0.104. The summed E-state index contributed by atoms with van der Waals surface area (Å²) in [5, 5.41) is 14.2. The third-order valence-electron chi connectivity index (χ3n) is 3.79. The van der Waals surface area contributed by atoms with Crippen LogP contribution in [0.4, 0.5) is 0 Å². The number of nitrogens with zero attached hydrogens (tertiary/aromatic N) is 2. The minimum Gasteiger partial charge on any atom is -0.388 e. The Morgan fingerprint density at radius 1 is 1.43 bits per heavy atom. The first-order valence-corrected chi connectivity index (χ1v) is 5.40. The van der Waals surface area contributed by atoms with Crippen LogP contribution in [-0.2, 0) is 7.05 Å². The molecule has 3 atom stereocenters. The molecule has 1 N–H and O–H groups in total. The van der Waals surface area contributed by atoms with Gasteiger partial charge in [-0.1, -0.05) is 0 Å². The van der Waals surface area contributed by atoms with Crippen molar-refractivity contribution in [3.8, 4) is 0 Å². The summed E-state index contributed by atoms with van der Waals surface area (Å²) < 4.78 is 1.76. The average Bonchev–Trinajstić information content (AvgIpc) is 2.64. The molecule has 0 aromatic carbocycles. The van der Waals surface area contributed by atoms with Crippen LogP contribution in [0, 0.1) is 17.8 Å². The van der Waals surface area contributed by atoms with Gasteiger partial charge in [0.15, 0.2) is 0 Å². The number of aryl methyl sites for hydroxylation is 1. The Morgan fingerprint density at radius 3 is 2.71 bits per heavy atom. The van der Waals surface area contributed by atoms with Crippen molar-refractivity contribution in [2.45, 2.75) is 25.4 Å². The van der Waals surface area contributed by atoms with E-state index >= 15 is 0 Å². The molecule has 0 saturated heterocycles. The van der Waals surface area contributed by atoms with E-state index in [1.807, 2.05) is 13.2 Å². The molecule has 3 heteroatoms. The summed E-state index contributed by atoms with van der Waals surface area (Å²) in [5.41, 5.74) is 0.985. The minimum atomic E-state index is -0.281. The van der Waals surface area contributed by atoms with Gasteiger partial charge in [0.25, 0.3) is 0 Å². The molecule has 3 nitrogen and oxygen atoms in total.